The molecular formula is C18H22Cl2FN3OS. The summed E-state index contributed by atoms with van der Waals surface area (Å²) < 4.78 is 12.9. The minimum Gasteiger partial charge on any atom is -0.342 e. The van der Waals surface area contributed by atoms with E-state index in [2.05, 4.69) is 10.3 Å². The van der Waals surface area contributed by atoms with Crippen LogP contribution in [-0.2, 0) is 17.6 Å². The van der Waals surface area contributed by atoms with Crippen molar-refractivity contribution < 1.29 is 9.18 Å². The molecule has 2 saturated heterocycles. The van der Waals surface area contributed by atoms with Crippen LogP contribution in [0.4, 0.5) is 4.39 Å². The lowest BCUT2D eigenvalue weighted by molar-refractivity contribution is -0.129. The number of rotatable bonds is 4. The molecule has 4 nitrogen and oxygen atoms in total. The molecule has 0 saturated carbocycles. The number of hydrogen-bond donors (Lipinski definition) is 1. The Kier molecular flexibility index (Phi) is 7.41. The third-order valence-corrected chi connectivity index (χ3v) is 5.84. The van der Waals surface area contributed by atoms with Crippen molar-refractivity contribution in [1.82, 2.24) is 15.2 Å². The van der Waals surface area contributed by atoms with Gasteiger partial charge in [0.2, 0.25) is 5.91 Å². The number of thiazole rings is 1. The first-order valence-electron chi connectivity index (χ1n) is 8.33. The van der Waals surface area contributed by atoms with Crippen LogP contribution in [0.25, 0.3) is 0 Å². The summed E-state index contributed by atoms with van der Waals surface area (Å²) in [5.74, 6) is 1.20. The summed E-state index contributed by atoms with van der Waals surface area (Å²) in [6.45, 7) is 3.83. The molecule has 0 unspecified atom stereocenters. The zero-order valence-electron chi connectivity index (χ0n) is 14.2. The maximum Gasteiger partial charge on any atom is 0.228 e. The predicted molar refractivity (Wildman–Crippen MR) is 106 cm³/mol. The number of amides is 1. The second kappa shape index (κ2) is 9.13. The number of halogens is 3. The van der Waals surface area contributed by atoms with Crippen molar-refractivity contribution in [2.45, 2.75) is 12.8 Å². The molecule has 3 heterocycles. The van der Waals surface area contributed by atoms with E-state index in [1.54, 1.807) is 23.5 Å². The fourth-order valence-corrected chi connectivity index (χ4v) is 4.44. The molecule has 26 heavy (non-hydrogen) atoms. The lowest BCUT2D eigenvalue weighted by atomic mass is 10.0. The average molecular weight is 418 g/mol. The zero-order valence-corrected chi connectivity index (χ0v) is 16.6. The lowest BCUT2D eigenvalue weighted by Crippen LogP contribution is -2.33. The highest BCUT2D eigenvalue weighted by atomic mass is 35.5. The molecule has 2 atom stereocenters. The van der Waals surface area contributed by atoms with E-state index in [0.29, 0.717) is 24.7 Å². The Morgan fingerprint density at radius 1 is 1.19 bits per heavy atom. The van der Waals surface area contributed by atoms with E-state index in [0.717, 1.165) is 42.4 Å². The maximum atomic E-state index is 12.9. The molecule has 8 heteroatoms. The van der Waals surface area contributed by atoms with E-state index in [-0.39, 0.29) is 36.5 Å². The third kappa shape index (κ3) is 4.74. The van der Waals surface area contributed by atoms with Gasteiger partial charge in [0, 0.05) is 38.0 Å². The van der Waals surface area contributed by atoms with E-state index in [9.17, 15) is 9.18 Å². The van der Waals surface area contributed by atoms with Crippen molar-refractivity contribution in [3.05, 3.63) is 51.7 Å². The molecule has 0 bridgehead atoms. The van der Waals surface area contributed by atoms with Gasteiger partial charge in [-0.1, -0.05) is 12.1 Å². The van der Waals surface area contributed by atoms with E-state index < -0.39 is 0 Å². The van der Waals surface area contributed by atoms with Crippen LogP contribution in [0.2, 0.25) is 0 Å². The summed E-state index contributed by atoms with van der Waals surface area (Å²) in [6, 6.07) is 6.48. The largest absolute Gasteiger partial charge is 0.342 e. The number of hydrogen-bond acceptors (Lipinski definition) is 4. The number of nitrogens with zero attached hydrogens (tertiary/aromatic N) is 2. The van der Waals surface area contributed by atoms with Crippen LogP contribution in [0.1, 0.15) is 16.3 Å². The Morgan fingerprint density at radius 3 is 2.50 bits per heavy atom. The van der Waals surface area contributed by atoms with Crippen LogP contribution in [-0.4, -0.2) is 42.0 Å². The van der Waals surface area contributed by atoms with Crippen LogP contribution < -0.4 is 5.32 Å². The molecule has 1 amide bonds. The number of carbonyl (C=O) groups excluding carboxylic acids is 1. The molecule has 0 radical (unpaired) electrons. The summed E-state index contributed by atoms with van der Waals surface area (Å²) in [4.78, 5) is 19.1. The molecule has 2 aromatic rings. The van der Waals surface area contributed by atoms with Gasteiger partial charge in [-0.05, 0) is 29.5 Å². The number of carbonyl (C=O) groups is 1. The first-order chi connectivity index (χ1) is 11.7. The van der Waals surface area contributed by atoms with Gasteiger partial charge in [0.05, 0.1) is 17.1 Å². The molecule has 1 aromatic carbocycles. The number of fused-ring (bicyclic) bond motifs is 1. The zero-order chi connectivity index (χ0) is 16.5. The predicted octanol–water partition coefficient (Wildman–Crippen LogP) is 2.94. The van der Waals surface area contributed by atoms with E-state index >= 15 is 0 Å². The number of benzene rings is 1. The van der Waals surface area contributed by atoms with Crippen LogP contribution in [0.3, 0.4) is 0 Å². The average Bonchev–Trinajstić information content (AvgIpc) is 3.25. The van der Waals surface area contributed by atoms with Gasteiger partial charge in [-0.2, -0.15) is 0 Å². The van der Waals surface area contributed by atoms with Crippen molar-refractivity contribution in [2.75, 3.05) is 26.2 Å². The SMILES string of the molecule is Cl.Cl.O=C(Cc1csc(Cc2ccc(F)cc2)n1)N1C[C@H]2CNC[C@H]2C1. The number of likely N-dealkylation sites (tertiary alicyclic amines) is 1. The van der Waals surface area contributed by atoms with Gasteiger partial charge in [0.1, 0.15) is 5.82 Å². The van der Waals surface area contributed by atoms with Gasteiger partial charge >= 0.3 is 0 Å². The molecule has 1 aromatic heterocycles. The lowest BCUT2D eigenvalue weighted by Gasteiger charge is -2.16. The molecule has 0 spiro atoms. The number of aromatic nitrogens is 1. The molecule has 2 aliphatic heterocycles. The molecule has 0 aliphatic carbocycles. The first-order valence-corrected chi connectivity index (χ1v) is 9.21. The Labute approximate surface area is 169 Å². The summed E-state index contributed by atoms with van der Waals surface area (Å²) in [7, 11) is 0. The van der Waals surface area contributed by atoms with Crippen molar-refractivity contribution in [3.8, 4) is 0 Å². The second-order valence-corrected chi connectivity index (χ2v) is 7.63. The normalized spacial score (nSPS) is 21.0. The van der Waals surface area contributed by atoms with Crippen LogP contribution in [0, 0.1) is 17.7 Å². The molecule has 142 valence electrons. The molecule has 2 aliphatic rings. The Morgan fingerprint density at radius 2 is 1.85 bits per heavy atom. The first kappa shape index (κ1) is 21.1. The van der Waals surface area contributed by atoms with Gasteiger partial charge in [-0.3, -0.25) is 4.79 Å². The standard InChI is InChI=1S/C18H20FN3OS.2ClH/c19-15-3-1-12(2-4-15)5-17-21-16(11-24-17)6-18(23)22-9-13-7-20-8-14(13)10-22;;/h1-4,11,13-14,20H,5-10H2;2*1H/t13-,14+;;. The van der Waals surface area contributed by atoms with Crippen LogP contribution in [0.15, 0.2) is 29.6 Å². The summed E-state index contributed by atoms with van der Waals surface area (Å²) in [6.07, 6.45) is 1.06. The summed E-state index contributed by atoms with van der Waals surface area (Å²) in [5, 5.41) is 6.32. The van der Waals surface area contributed by atoms with Crippen molar-refractivity contribution in [2.24, 2.45) is 11.8 Å². The summed E-state index contributed by atoms with van der Waals surface area (Å²) >= 11 is 1.56. The third-order valence-electron chi connectivity index (χ3n) is 4.94. The Hall–Kier alpha value is -1.21. The van der Waals surface area contributed by atoms with Gasteiger partial charge in [0.25, 0.3) is 0 Å². The highest BCUT2D eigenvalue weighted by molar-refractivity contribution is 7.09. The van der Waals surface area contributed by atoms with E-state index in [4.69, 9.17) is 0 Å². The second-order valence-electron chi connectivity index (χ2n) is 6.69. The Bertz CT molecular complexity index is 728. The van der Waals surface area contributed by atoms with Crippen LogP contribution >= 0.6 is 36.2 Å². The van der Waals surface area contributed by atoms with E-state index in [1.165, 1.54) is 12.1 Å². The minimum absolute atomic E-state index is 0. The monoisotopic (exact) mass is 417 g/mol. The van der Waals surface area contributed by atoms with Gasteiger partial charge in [-0.25, -0.2) is 9.37 Å². The fraction of sp³-hybridized carbons (Fsp3) is 0.444. The molecule has 1 N–H and O–H groups in total. The van der Waals surface area contributed by atoms with E-state index in [1.807, 2.05) is 10.3 Å². The maximum absolute atomic E-state index is 12.9. The van der Waals surface area contributed by atoms with Gasteiger partial charge in [-0.15, -0.1) is 36.2 Å². The smallest absolute Gasteiger partial charge is 0.228 e. The molecule has 4 rings (SSSR count). The number of nitrogens with one attached hydrogen (secondary N) is 1. The minimum atomic E-state index is -0.227. The Balaban J connectivity index is 0.00000121. The highest BCUT2D eigenvalue weighted by Crippen LogP contribution is 2.27. The fourth-order valence-electron chi connectivity index (χ4n) is 3.61. The summed E-state index contributed by atoms with van der Waals surface area (Å²) in [5.41, 5.74) is 1.88. The molecular weight excluding hydrogens is 396 g/mol. The van der Waals surface area contributed by atoms with Crippen molar-refractivity contribution >= 4 is 42.1 Å². The van der Waals surface area contributed by atoms with Crippen molar-refractivity contribution in [3.63, 3.8) is 0 Å². The van der Waals surface area contributed by atoms with Gasteiger partial charge < -0.3 is 10.2 Å². The quantitative estimate of drug-likeness (QED) is 0.831. The van der Waals surface area contributed by atoms with Gasteiger partial charge in [0.15, 0.2) is 0 Å². The topological polar surface area (TPSA) is 45.2 Å². The molecule has 2 fully saturated rings. The van der Waals surface area contributed by atoms with Crippen molar-refractivity contribution in [1.29, 1.82) is 0 Å². The highest BCUT2D eigenvalue weighted by Gasteiger charge is 2.37. The van der Waals surface area contributed by atoms with Crippen LogP contribution in [0.5, 0.6) is 0 Å².